The number of ether oxygens (including phenoxy) is 4. The lowest BCUT2D eigenvalue weighted by molar-refractivity contribution is -0.0173. The van der Waals surface area contributed by atoms with Crippen molar-refractivity contribution in [2.45, 2.75) is 26.6 Å². The molecule has 29 heavy (non-hydrogen) atoms. The number of carbonyl (C=O) groups is 1. The van der Waals surface area contributed by atoms with Crippen molar-refractivity contribution >= 4 is 22.8 Å². The molecule has 1 aromatic carbocycles. The number of benzene rings is 1. The number of rotatable bonds is 7. The lowest BCUT2D eigenvalue weighted by Crippen LogP contribution is -2.04. The van der Waals surface area contributed by atoms with E-state index in [9.17, 15) is 4.79 Å². The first-order valence-electron chi connectivity index (χ1n) is 9.45. The van der Waals surface area contributed by atoms with Crippen molar-refractivity contribution in [3.63, 3.8) is 0 Å². The second kappa shape index (κ2) is 8.22. The highest BCUT2D eigenvalue weighted by Crippen LogP contribution is 2.36. The highest BCUT2D eigenvalue weighted by molar-refractivity contribution is 6.04. The van der Waals surface area contributed by atoms with E-state index in [-0.39, 0.29) is 6.61 Å². The van der Waals surface area contributed by atoms with Gasteiger partial charge in [-0.05, 0) is 25.5 Å². The zero-order chi connectivity index (χ0) is 20.2. The van der Waals surface area contributed by atoms with Crippen LogP contribution in [-0.2, 0) is 14.2 Å². The Labute approximate surface area is 167 Å². The maximum Gasteiger partial charge on any atom is 0.341 e. The second-order valence-electron chi connectivity index (χ2n) is 6.36. The zero-order valence-corrected chi connectivity index (χ0v) is 16.2. The molecule has 3 aromatic rings. The number of hydrogen-bond donors (Lipinski definition) is 1. The molecular weight excluding hydrogens is 374 g/mol. The largest absolute Gasteiger partial charge is 0.494 e. The maximum absolute atomic E-state index is 12.1. The smallest absolute Gasteiger partial charge is 0.341 e. The summed E-state index contributed by atoms with van der Waals surface area (Å²) in [6.45, 7) is 4.74. The van der Waals surface area contributed by atoms with Gasteiger partial charge < -0.3 is 23.9 Å². The molecule has 3 heterocycles. The fourth-order valence-corrected chi connectivity index (χ4v) is 3.01. The van der Waals surface area contributed by atoms with Crippen LogP contribution >= 0.6 is 0 Å². The molecule has 1 N–H and O–H groups in total. The fraction of sp³-hybridized carbons (Fsp3) is 0.286. The summed E-state index contributed by atoms with van der Waals surface area (Å²) >= 11 is 0. The summed E-state index contributed by atoms with van der Waals surface area (Å²) in [4.78, 5) is 23.7. The summed E-state index contributed by atoms with van der Waals surface area (Å²) in [5.41, 5.74) is 2.73. The topological polar surface area (TPSA) is 95.6 Å². The first-order valence-corrected chi connectivity index (χ1v) is 9.45. The van der Waals surface area contributed by atoms with Crippen LogP contribution in [0.25, 0.3) is 16.8 Å². The van der Waals surface area contributed by atoms with E-state index in [1.165, 1.54) is 12.6 Å². The average molecular weight is 395 g/mol. The van der Waals surface area contributed by atoms with E-state index in [1.54, 1.807) is 13.1 Å². The van der Waals surface area contributed by atoms with E-state index in [0.29, 0.717) is 34.7 Å². The number of hydrogen-bond acceptors (Lipinski definition) is 7. The predicted octanol–water partition coefficient (Wildman–Crippen LogP) is 3.97. The van der Waals surface area contributed by atoms with Crippen LogP contribution in [0.4, 0.5) is 0 Å². The van der Waals surface area contributed by atoms with E-state index < -0.39 is 12.3 Å². The standard InChI is InChI=1S/C21H21N3O5/c1-3-8-27-14-7-5-6-13(9-14)21-28-11-16(29-21)18-19-17(23-12-24-18)15(10-22-19)20(25)26-4-2/h5-7,9-12,21-22H,3-4,8H2,1-2H3. The van der Waals surface area contributed by atoms with Crippen molar-refractivity contribution in [3.05, 3.63) is 59.9 Å². The third kappa shape index (κ3) is 3.73. The number of esters is 1. The molecule has 0 fully saturated rings. The van der Waals surface area contributed by atoms with Crippen LogP contribution in [0.1, 0.15) is 48.2 Å². The Balaban J connectivity index is 1.56. The van der Waals surface area contributed by atoms with Gasteiger partial charge in [0.1, 0.15) is 35.1 Å². The minimum absolute atomic E-state index is 0.286. The van der Waals surface area contributed by atoms with E-state index in [1.807, 2.05) is 24.3 Å². The van der Waals surface area contributed by atoms with Crippen molar-refractivity contribution in [2.75, 3.05) is 13.2 Å². The molecule has 0 radical (unpaired) electrons. The average Bonchev–Trinajstić information content (AvgIpc) is 3.40. The van der Waals surface area contributed by atoms with Gasteiger partial charge in [-0.3, -0.25) is 0 Å². The Bertz CT molecular complexity index is 1060. The van der Waals surface area contributed by atoms with Gasteiger partial charge in [-0.2, -0.15) is 0 Å². The van der Waals surface area contributed by atoms with Gasteiger partial charge in [-0.1, -0.05) is 19.1 Å². The SMILES string of the molecule is CCCOc1cccc(C2OC=C(c3ncnc4c(C(=O)OCC)c[nH]c34)O2)c1. The first-order chi connectivity index (χ1) is 14.2. The summed E-state index contributed by atoms with van der Waals surface area (Å²) < 4.78 is 22.4. The molecule has 0 spiro atoms. The highest BCUT2D eigenvalue weighted by atomic mass is 16.7. The van der Waals surface area contributed by atoms with Crippen molar-refractivity contribution in [1.82, 2.24) is 15.0 Å². The summed E-state index contributed by atoms with van der Waals surface area (Å²) in [5, 5.41) is 0. The Morgan fingerprint density at radius 3 is 3.00 bits per heavy atom. The van der Waals surface area contributed by atoms with Crippen LogP contribution in [0.5, 0.6) is 5.75 Å². The van der Waals surface area contributed by atoms with Crippen molar-refractivity contribution in [1.29, 1.82) is 0 Å². The minimum atomic E-state index is -0.611. The molecule has 1 atom stereocenters. The van der Waals surface area contributed by atoms with Crippen LogP contribution < -0.4 is 4.74 Å². The first kappa shape index (κ1) is 18.8. The molecule has 0 aliphatic carbocycles. The Hall–Kier alpha value is -3.55. The third-order valence-corrected chi connectivity index (χ3v) is 4.33. The molecule has 0 bridgehead atoms. The predicted molar refractivity (Wildman–Crippen MR) is 105 cm³/mol. The van der Waals surface area contributed by atoms with E-state index >= 15 is 0 Å². The zero-order valence-electron chi connectivity index (χ0n) is 16.2. The van der Waals surface area contributed by atoms with E-state index in [0.717, 1.165) is 17.7 Å². The molecule has 0 saturated carbocycles. The summed E-state index contributed by atoms with van der Waals surface area (Å²) in [6.07, 6.45) is 4.77. The number of carbonyl (C=O) groups excluding carboxylic acids is 1. The number of nitrogens with zero attached hydrogens (tertiary/aromatic N) is 2. The van der Waals surface area contributed by atoms with Gasteiger partial charge in [0.15, 0.2) is 5.76 Å². The second-order valence-corrected chi connectivity index (χ2v) is 6.36. The van der Waals surface area contributed by atoms with E-state index in [2.05, 4.69) is 21.9 Å². The molecular formula is C21H21N3O5. The van der Waals surface area contributed by atoms with Gasteiger partial charge in [-0.15, -0.1) is 0 Å². The van der Waals surface area contributed by atoms with Crippen LogP contribution in [0, 0.1) is 0 Å². The quantitative estimate of drug-likeness (QED) is 0.605. The number of aromatic amines is 1. The molecule has 8 heteroatoms. The molecule has 0 saturated heterocycles. The normalized spacial score (nSPS) is 15.5. The lowest BCUT2D eigenvalue weighted by atomic mass is 10.2. The Kier molecular flexibility index (Phi) is 5.33. The van der Waals surface area contributed by atoms with Gasteiger partial charge in [0, 0.05) is 11.8 Å². The van der Waals surface area contributed by atoms with E-state index in [4.69, 9.17) is 18.9 Å². The maximum atomic E-state index is 12.1. The molecule has 4 rings (SSSR count). The summed E-state index contributed by atoms with van der Waals surface area (Å²) in [5.74, 6) is 0.764. The van der Waals surface area contributed by atoms with Crippen LogP contribution in [-0.4, -0.2) is 34.1 Å². The van der Waals surface area contributed by atoms with Crippen molar-refractivity contribution in [2.24, 2.45) is 0 Å². The van der Waals surface area contributed by atoms with Crippen molar-refractivity contribution < 1.29 is 23.7 Å². The van der Waals surface area contributed by atoms with Gasteiger partial charge in [0.25, 0.3) is 6.29 Å². The molecule has 150 valence electrons. The number of fused-ring (bicyclic) bond motifs is 1. The Morgan fingerprint density at radius 2 is 2.17 bits per heavy atom. The number of aromatic nitrogens is 3. The third-order valence-electron chi connectivity index (χ3n) is 4.33. The summed E-state index contributed by atoms with van der Waals surface area (Å²) in [6, 6.07) is 7.58. The minimum Gasteiger partial charge on any atom is -0.494 e. The summed E-state index contributed by atoms with van der Waals surface area (Å²) in [7, 11) is 0. The van der Waals surface area contributed by atoms with Crippen molar-refractivity contribution in [3.8, 4) is 5.75 Å². The number of nitrogens with one attached hydrogen (secondary N) is 1. The lowest BCUT2D eigenvalue weighted by Gasteiger charge is -2.13. The van der Waals surface area contributed by atoms with Gasteiger partial charge in [0.2, 0.25) is 0 Å². The van der Waals surface area contributed by atoms with Gasteiger partial charge >= 0.3 is 5.97 Å². The van der Waals surface area contributed by atoms with Gasteiger partial charge in [-0.25, -0.2) is 14.8 Å². The monoisotopic (exact) mass is 395 g/mol. The molecule has 1 aliphatic heterocycles. The van der Waals surface area contributed by atoms with Crippen LogP contribution in [0.2, 0.25) is 0 Å². The number of H-pyrrole nitrogens is 1. The molecule has 2 aromatic heterocycles. The Morgan fingerprint density at radius 1 is 1.28 bits per heavy atom. The highest BCUT2D eigenvalue weighted by Gasteiger charge is 2.27. The van der Waals surface area contributed by atoms with Crippen LogP contribution in [0.3, 0.4) is 0 Å². The molecule has 1 aliphatic rings. The van der Waals surface area contributed by atoms with Gasteiger partial charge in [0.05, 0.1) is 18.7 Å². The molecule has 1 unspecified atom stereocenters. The van der Waals surface area contributed by atoms with Crippen LogP contribution in [0.15, 0.2) is 43.1 Å². The fourth-order valence-electron chi connectivity index (χ4n) is 3.01. The molecule has 0 amide bonds. The molecule has 8 nitrogen and oxygen atoms in total.